The number of hydrogen-bond donors (Lipinski definition) is 11. The van der Waals surface area contributed by atoms with Crippen molar-refractivity contribution in [1.29, 1.82) is 0 Å². The Morgan fingerprint density at radius 1 is 1.00 bits per heavy atom. The first-order valence-electron chi connectivity index (χ1n) is 12.4. The van der Waals surface area contributed by atoms with Gasteiger partial charge in [0, 0.05) is 38.0 Å². The van der Waals surface area contributed by atoms with Crippen molar-refractivity contribution in [2.45, 2.75) is 111 Å². The lowest BCUT2D eigenvalue weighted by atomic mass is 9.84. The average molecular weight is 539 g/mol. The van der Waals surface area contributed by atoms with Crippen LogP contribution in [0.4, 0.5) is 0 Å². The molecule has 1 aliphatic carbocycles. The van der Waals surface area contributed by atoms with Crippen molar-refractivity contribution < 1.29 is 49.3 Å². The molecule has 3 fully saturated rings. The van der Waals surface area contributed by atoms with Crippen LogP contribution in [0.5, 0.6) is 0 Å². The fourth-order valence-electron chi connectivity index (χ4n) is 4.85. The van der Waals surface area contributed by atoms with E-state index < -0.39 is 85.3 Å². The second-order valence-electron chi connectivity index (χ2n) is 9.99. The standard InChI is InChI=1S/C21H42N6O10/c1-2-11(28)27-6-10-19(32)21(26,33)4-12(34-10)36-17-7(23)3-8(24)18(16(17)31)37-20-13(25)15(30)14(29)9(5-22)35-20/h7-10,12-20,29-33H,2-6,22-26H2,1H3,(H,27,28)/t7-,8+,9-,10-,12-,13-,14-,15-,16-,17+,18-,19-,20-,21-/m1/s1. The summed E-state index contributed by atoms with van der Waals surface area (Å²) in [6.45, 7) is 1.39. The van der Waals surface area contributed by atoms with Gasteiger partial charge in [0.1, 0.15) is 54.6 Å². The summed E-state index contributed by atoms with van der Waals surface area (Å²) in [4.78, 5) is 11.6. The molecule has 16 heteroatoms. The molecule has 2 saturated heterocycles. The lowest BCUT2D eigenvalue weighted by molar-refractivity contribution is -0.316. The van der Waals surface area contributed by atoms with E-state index in [-0.39, 0.29) is 38.3 Å². The molecule has 216 valence electrons. The zero-order valence-electron chi connectivity index (χ0n) is 20.7. The Kier molecular flexibility index (Phi) is 10.2. The number of carbonyl (C=O) groups excluding carboxylic acids is 1. The second-order valence-corrected chi connectivity index (χ2v) is 9.99. The number of ether oxygens (including phenoxy) is 4. The zero-order valence-corrected chi connectivity index (χ0v) is 20.7. The Balaban J connectivity index is 1.70. The molecule has 3 aliphatic rings. The molecule has 1 saturated carbocycles. The molecule has 0 spiro atoms. The summed E-state index contributed by atoms with van der Waals surface area (Å²) in [6.07, 6.45) is -12.5. The SMILES string of the molecule is CCC(=O)NC[C@H]1O[C@H](O[C@@H]2[C@@H](O)[C@H](O[C@H]3O[C@H](CN)[C@@H](O)[C@H](O)[C@H]3N)[C@@H](N)C[C@H]2N)C[C@@](N)(O)[C@@H]1O. The van der Waals surface area contributed by atoms with Crippen LogP contribution in [-0.4, -0.2) is 130 Å². The third-order valence-corrected chi connectivity index (χ3v) is 7.15. The maximum Gasteiger partial charge on any atom is 0.219 e. The molecule has 0 unspecified atom stereocenters. The van der Waals surface area contributed by atoms with Gasteiger partial charge in [-0.05, 0) is 6.42 Å². The lowest BCUT2D eigenvalue weighted by Crippen LogP contribution is -2.69. The fourth-order valence-corrected chi connectivity index (χ4v) is 4.85. The van der Waals surface area contributed by atoms with Crippen LogP contribution in [0.25, 0.3) is 0 Å². The van der Waals surface area contributed by atoms with Crippen LogP contribution in [0.15, 0.2) is 0 Å². The van der Waals surface area contributed by atoms with E-state index in [9.17, 15) is 30.3 Å². The number of aliphatic hydroxyl groups is 5. The van der Waals surface area contributed by atoms with Gasteiger partial charge in [-0.25, -0.2) is 0 Å². The average Bonchev–Trinajstić information content (AvgIpc) is 2.84. The topological polar surface area (TPSA) is 297 Å². The molecule has 3 rings (SSSR count). The third kappa shape index (κ3) is 6.74. The van der Waals surface area contributed by atoms with E-state index in [4.69, 9.17) is 47.6 Å². The largest absolute Gasteiger partial charge is 0.388 e. The number of aliphatic hydroxyl groups excluding tert-OH is 4. The van der Waals surface area contributed by atoms with Crippen LogP contribution in [-0.2, 0) is 23.7 Å². The van der Waals surface area contributed by atoms with E-state index in [1.807, 2.05) is 0 Å². The summed E-state index contributed by atoms with van der Waals surface area (Å²) in [5, 5.41) is 54.9. The van der Waals surface area contributed by atoms with Gasteiger partial charge in [-0.1, -0.05) is 6.92 Å². The van der Waals surface area contributed by atoms with Crippen molar-refractivity contribution in [2.75, 3.05) is 13.1 Å². The van der Waals surface area contributed by atoms with Crippen LogP contribution in [0.2, 0.25) is 0 Å². The van der Waals surface area contributed by atoms with Gasteiger partial charge in [-0.2, -0.15) is 0 Å². The van der Waals surface area contributed by atoms with Gasteiger partial charge in [-0.3, -0.25) is 4.79 Å². The number of carbonyl (C=O) groups is 1. The molecule has 0 aromatic rings. The van der Waals surface area contributed by atoms with E-state index in [2.05, 4.69) is 5.32 Å². The highest BCUT2D eigenvalue weighted by Crippen LogP contribution is 2.32. The normalized spacial score (nSPS) is 49.0. The lowest BCUT2D eigenvalue weighted by Gasteiger charge is -2.48. The van der Waals surface area contributed by atoms with E-state index in [0.29, 0.717) is 0 Å². The molecule has 0 aromatic carbocycles. The van der Waals surface area contributed by atoms with Crippen molar-refractivity contribution in [3.63, 3.8) is 0 Å². The van der Waals surface area contributed by atoms with Crippen LogP contribution >= 0.6 is 0 Å². The fraction of sp³-hybridized carbons (Fsp3) is 0.952. The highest BCUT2D eigenvalue weighted by atomic mass is 16.7. The van der Waals surface area contributed by atoms with Crippen LogP contribution < -0.4 is 34.0 Å². The molecule has 16 N–H and O–H groups in total. The smallest absolute Gasteiger partial charge is 0.219 e. The summed E-state index contributed by atoms with van der Waals surface area (Å²) in [5.41, 5.74) is 27.7. The Labute approximate surface area is 214 Å². The Morgan fingerprint density at radius 3 is 2.22 bits per heavy atom. The van der Waals surface area contributed by atoms with Gasteiger partial charge in [0.2, 0.25) is 5.91 Å². The Morgan fingerprint density at radius 2 is 1.62 bits per heavy atom. The van der Waals surface area contributed by atoms with Gasteiger partial charge in [0.05, 0.1) is 6.04 Å². The number of amides is 1. The number of rotatable bonds is 8. The van der Waals surface area contributed by atoms with Crippen LogP contribution in [0, 0.1) is 0 Å². The van der Waals surface area contributed by atoms with Gasteiger partial charge < -0.3 is 78.5 Å². The minimum absolute atomic E-state index is 0.118. The summed E-state index contributed by atoms with van der Waals surface area (Å²) >= 11 is 0. The molecular weight excluding hydrogens is 496 g/mol. The van der Waals surface area contributed by atoms with E-state index in [1.165, 1.54) is 0 Å². The highest BCUT2D eigenvalue weighted by Gasteiger charge is 2.51. The first-order valence-corrected chi connectivity index (χ1v) is 12.4. The molecule has 0 bridgehead atoms. The molecular formula is C21H42N6O10. The highest BCUT2D eigenvalue weighted by molar-refractivity contribution is 5.75. The molecule has 0 radical (unpaired) electrons. The maximum atomic E-state index is 11.6. The van der Waals surface area contributed by atoms with Crippen molar-refractivity contribution in [3.05, 3.63) is 0 Å². The third-order valence-electron chi connectivity index (χ3n) is 7.15. The molecule has 0 aromatic heterocycles. The molecule has 14 atom stereocenters. The minimum atomic E-state index is -2.11. The monoisotopic (exact) mass is 538 g/mol. The summed E-state index contributed by atoms with van der Waals surface area (Å²) in [6, 6.07) is -2.73. The van der Waals surface area contributed by atoms with E-state index in [1.54, 1.807) is 6.92 Å². The van der Waals surface area contributed by atoms with Gasteiger partial charge in [0.15, 0.2) is 12.6 Å². The van der Waals surface area contributed by atoms with E-state index in [0.717, 1.165) is 0 Å². The number of nitrogens with one attached hydrogen (secondary N) is 1. The quantitative estimate of drug-likeness (QED) is 0.128. The van der Waals surface area contributed by atoms with Crippen molar-refractivity contribution in [2.24, 2.45) is 28.7 Å². The summed E-state index contributed by atoms with van der Waals surface area (Å²) in [5.74, 6) is -0.296. The predicted molar refractivity (Wildman–Crippen MR) is 126 cm³/mol. The first-order chi connectivity index (χ1) is 17.3. The first kappa shape index (κ1) is 30.5. The molecule has 16 nitrogen and oxygen atoms in total. The van der Waals surface area contributed by atoms with E-state index >= 15 is 0 Å². The van der Waals surface area contributed by atoms with Crippen molar-refractivity contribution in [3.8, 4) is 0 Å². The van der Waals surface area contributed by atoms with Gasteiger partial charge in [0.25, 0.3) is 0 Å². The zero-order chi connectivity index (χ0) is 27.7. The number of hydrogen-bond acceptors (Lipinski definition) is 15. The summed E-state index contributed by atoms with van der Waals surface area (Å²) in [7, 11) is 0. The molecule has 1 amide bonds. The van der Waals surface area contributed by atoms with Crippen LogP contribution in [0.1, 0.15) is 26.2 Å². The Bertz CT molecular complexity index is 765. The van der Waals surface area contributed by atoms with Crippen LogP contribution in [0.3, 0.4) is 0 Å². The second kappa shape index (κ2) is 12.4. The molecule has 2 aliphatic heterocycles. The summed E-state index contributed by atoms with van der Waals surface area (Å²) < 4.78 is 23.1. The van der Waals surface area contributed by atoms with Crippen molar-refractivity contribution >= 4 is 5.91 Å². The molecule has 2 heterocycles. The minimum Gasteiger partial charge on any atom is -0.388 e. The van der Waals surface area contributed by atoms with Crippen molar-refractivity contribution in [1.82, 2.24) is 5.32 Å². The number of nitrogens with two attached hydrogens (primary N) is 5. The Hall–Kier alpha value is -1.09. The molecule has 37 heavy (non-hydrogen) atoms. The predicted octanol–water partition coefficient (Wildman–Crippen LogP) is -6.44. The van der Waals surface area contributed by atoms with Gasteiger partial charge in [-0.15, -0.1) is 0 Å². The maximum absolute atomic E-state index is 11.6. The van der Waals surface area contributed by atoms with Gasteiger partial charge >= 0.3 is 0 Å².